The second-order valence-electron chi connectivity index (χ2n) is 13.0. The molecule has 4 aromatic heterocycles. The first-order valence-electron chi connectivity index (χ1n) is 16.8. The number of hydrogen-bond donors (Lipinski definition) is 2. The molecule has 13 nitrogen and oxygen atoms in total. The molecule has 1 saturated carbocycles. The molecule has 0 unspecified atom stereocenters. The summed E-state index contributed by atoms with van der Waals surface area (Å²) in [6.07, 6.45) is 4.32. The monoisotopic (exact) mass is 769 g/mol. The van der Waals surface area contributed by atoms with E-state index in [1.54, 1.807) is 32.5 Å². The fraction of sp³-hybridized carbons (Fsp3) is 0.529. The fourth-order valence-corrected chi connectivity index (χ4v) is 7.02. The van der Waals surface area contributed by atoms with E-state index in [9.17, 15) is 18.0 Å². The van der Waals surface area contributed by atoms with Gasteiger partial charge in [-0.3, -0.25) is 9.69 Å². The van der Waals surface area contributed by atoms with Crippen molar-refractivity contribution in [2.75, 3.05) is 76.4 Å². The van der Waals surface area contributed by atoms with Gasteiger partial charge in [0.25, 0.3) is 0 Å². The molecule has 0 bridgehead atoms. The number of imidazole rings is 1. The number of carboxylic acids is 1. The summed E-state index contributed by atoms with van der Waals surface area (Å²) < 4.78 is 53.0. The van der Waals surface area contributed by atoms with Gasteiger partial charge in [-0.15, -0.1) is 24.8 Å². The number of carbonyl (C=O) groups is 1. The molecule has 6 rings (SSSR count). The Balaban J connectivity index is 0.00000302. The van der Waals surface area contributed by atoms with Gasteiger partial charge in [0.05, 0.1) is 43.4 Å². The van der Waals surface area contributed by atoms with Gasteiger partial charge in [0, 0.05) is 70.6 Å². The van der Waals surface area contributed by atoms with Crippen LogP contribution in [0.25, 0.3) is 33.9 Å². The minimum absolute atomic E-state index is 0. The summed E-state index contributed by atoms with van der Waals surface area (Å²) in [7, 11) is 3.66. The first-order valence-corrected chi connectivity index (χ1v) is 16.8. The number of halogens is 5. The molecule has 284 valence electrons. The molecule has 0 radical (unpaired) electrons. The Morgan fingerprint density at radius 1 is 1.02 bits per heavy atom. The van der Waals surface area contributed by atoms with Crippen molar-refractivity contribution < 1.29 is 32.5 Å². The summed E-state index contributed by atoms with van der Waals surface area (Å²) in [6.45, 7) is 6.28. The van der Waals surface area contributed by atoms with Gasteiger partial charge in [0.15, 0.2) is 11.5 Å². The van der Waals surface area contributed by atoms with Crippen LogP contribution in [0.5, 0.6) is 5.88 Å². The normalized spacial score (nSPS) is 16.0. The summed E-state index contributed by atoms with van der Waals surface area (Å²) in [6, 6.07) is 2.78. The molecule has 0 aromatic carbocycles. The van der Waals surface area contributed by atoms with E-state index >= 15 is 0 Å². The Labute approximate surface area is 312 Å². The summed E-state index contributed by atoms with van der Waals surface area (Å²) in [5.41, 5.74) is 1.58. The van der Waals surface area contributed by atoms with E-state index in [2.05, 4.69) is 34.6 Å². The number of nitrogens with zero attached hydrogens (tertiary/aromatic N) is 8. The molecule has 0 atom stereocenters. The molecular formula is C34H44Cl2F3N9O4. The van der Waals surface area contributed by atoms with Crippen LogP contribution in [0.4, 0.5) is 24.7 Å². The van der Waals surface area contributed by atoms with E-state index < -0.39 is 23.6 Å². The van der Waals surface area contributed by atoms with Gasteiger partial charge in [0.1, 0.15) is 22.6 Å². The average Bonchev–Trinajstić information content (AvgIpc) is 3.74. The number of rotatable bonds is 13. The first kappa shape index (κ1) is 40.8. The number of carboxylic acid groups (broad SMARTS) is 1. The number of anilines is 2. The molecule has 2 N–H and O–H groups in total. The van der Waals surface area contributed by atoms with Crippen molar-refractivity contribution in [1.29, 1.82) is 0 Å². The number of aliphatic carboxylic acids is 1. The van der Waals surface area contributed by atoms with Gasteiger partial charge in [-0.25, -0.2) is 24.9 Å². The van der Waals surface area contributed by atoms with Crippen molar-refractivity contribution in [3.63, 3.8) is 0 Å². The lowest BCUT2D eigenvalue weighted by Gasteiger charge is -2.34. The highest BCUT2D eigenvalue weighted by atomic mass is 35.5. The van der Waals surface area contributed by atoms with Crippen LogP contribution in [-0.4, -0.2) is 113 Å². The van der Waals surface area contributed by atoms with E-state index in [-0.39, 0.29) is 54.5 Å². The lowest BCUT2D eigenvalue weighted by molar-refractivity contribution is -0.139. The molecule has 2 fully saturated rings. The van der Waals surface area contributed by atoms with Crippen LogP contribution in [0.2, 0.25) is 0 Å². The molecule has 5 heterocycles. The van der Waals surface area contributed by atoms with Gasteiger partial charge in [-0.2, -0.15) is 13.2 Å². The SMILES string of the molecule is CCOc1ncc(-c2cc(N(C)CC3(COC)CCCC3)c3[nH]c(-c4cnc(N5CCN(CCC(=O)O)CC5)cn4)nc3n2)cc1C(F)(F)F.Cl.Cl. The highest BCUT2D eigenvalue weighted by molar-refractivity contribution is 5.91. The second-order valence-corrected chi connectivity index (χ2v) is 13.0. The molecule has 18 heteroatoms. The van der Waals surface area contributed by atoms with Gasteiger partial charge in [-0.1, -0.05) is 12.8 Å². The van der Waals surface area contributed by atoms with E-state index in [1.165, 1.54) is 6.20 Å². The molecule has 1 aliphatic carbocycles. The first-order chi connectivity index (χ1) is 24.0. The largest absolute Gasteiger partial charge is 0.481 e. The van der Waals surface area contributed by atoms with E-state index in [0.29, 0.717) is 61.3 Å². The zero-order chi connectivity index (χ0) is 35.5. The molecule has 1 saturated heterocycles. The van der Waals surface area contributed by atoms with E-state index in [4.69, 9.17) is 24.5 Å². The van der Waals surface area contributed by atoms with Gasteiger partial charge >= 0.3 is 12.1 Å². The highest BCUT2D eigenvalue weighted by Gasteiger charge is 2.37. The van der Waals surface area contributed by atoms with Crippen molar-refractivity contribution in [3.05, 3.63) is 36.3 Å². The predicted octanol–water partition coefficient (Wildman–Crippen LogP) is 5.98. The number of pyridine rings is 2. The predicted molar refractivity (Wildman–Crippen MR) is 196 cm³/mol. The standard InChI is InChI=1S/C34H42F3N9O4.2ClH/c1-4-50-32-23(34(35,36)37)15-22(17-40-32)24-16-26(44(2)20-33(21-49-3)8-5-6-9-33)29-31(41-24)43-30(42-29)25-18-39-27(19-38-25)46-13-11-45(12-14-46)10-7-28(47)48;;/h15-19H,4-14,20-21H2,1-3H3,(H,47,48)(H,41,42,43);2*1H. The third kappa shape index (κ3) is 9.14. The Morgan fingerprint density at radius 3 is 2.37 bits per heavy atom. The van der Waals surface area contributed by atoms with Crippen molar-refractivity contribution in [2.24, 2.45) is 5.41 Å². The number of aromatic amines is 1. The maximum atomic E-state index is 14.1. The van der Waals surface area contributed by atoms with Crippen molar-refractivity contribution >= 4 is 53.5 Å². The number of nitrogens with one attached hydrogen (secondary N) is 1. The lowest BCUT2D eigenvalue weighted by atomic mass is 9.86. The van der Waals surface area contributed by atoms with Gasteiger partial charge < -0.3 is 29.4 Å². The quantitative estimate of drug-likeness (QED) is 0.165. The lowest BCUT2D eigenvalue weighted by Crippen LogP contribution is -2.47. The summed E-state index contributed by atoms with van der Waals surface area (Å²) >= 11 is 0. The molecule has 4 aromatic rings. The van der Waals surface area contributed by atoms with Crippen LogP contribution < -0.4 is 14.5 Å². The number of H-pyrrole nitrogens is 1. The minimum atomic E-state index is -4.68. The Morgan fingerprint density at radius 2 is 1.75 bits per heavy atom. The number of aromatic nitrogens is 6. The summed E-state index contributed by atoms with van der Waals surface area (Å²) in [5.74, 6) is -0.163. The number of ether oxygens (including phenoxy) is 2. The fourth-order valence-electron chi connectivity index (χ4n) is 7.02. The number of methoxy groups -OCH3 is 1. The molecule has 2 aliphatic rings. The highest BCUT2D eigenvalue weighted by Crippen LogP contribution is 2.42. The Bertz CT molecular complexity index is 1800. The number of alkyl halides is 3. The van der Waals surface area contributed by atoms with Gasteiger partial charge in [-0.05, 0) is 31.9 Å². The van der Waals surface area contributed by atoms with E-state index in [0.717, 1.165) is 50.5 Å². The summed E-state index contributed by atoms with van der Waals surface area (Å²) in [4.78, 5) is 43.4. The van der Waals surface area contributed by atoms with Crippen LogP contribution in [-0.2, 0) is 15.7 Å². The third-order valence-corrected chi connectivity index (χ3v) is 9.49. The molecule has 0 spiro atoms. The number of fused-ring (bicyclic) bond motifs is 1. The summed E-state index contributed by atoms with van der Waals surface area (Å²) in [5, 5.41) is 8.98. The van der Waals surface area contributed by atoms with Crippen LogP contribution >= 0.6 is 24.8 Å². The maximum absolute atomic E-state index is 14.1. The molecule has 1 aliphatic heterocycles. The Kier molecular flexibility index (Phi) is 13.5. The Hall–Kier alpha value is -3.99. The number of piperazine rings is 1. The molecular weight excluding hydrogens is 726 g/mol. The van der Waals surface area contributed by atoms with Crippen molar-refractivity contribution in [2.45, 2.75) is 45.2 Å². The van der Waals surface area contributed by atoms with Gasteiger partial charge in [0.2, 0.25) is 5.88 Å². The van der Waals surface area contributed by atoms with Crippen LogP contribution in [0.3, 0.4) is 0 Å². The van der Waals surface area contributed by atoms with Crippen LogP contribution in [0, 0.1) is 5.41 Å². The van der Waals surface area contributed by atoms with Crippen LogP contribution in [0.1, 0.15) is 44.6 Å². The van der Waals surface area contributed by atoms with Crippen molar-refractivity contribution in [3.8, 4) is 28.7 Å². The smallest absolute Gasteiger partial charge is 0.421 e. The van der Waals surface area contributed by atoms with Crippen LogP contribution in [0.15, 0.2) is 30.7 Å². The maximum Gasteiger partial charge on any atom is 0.421 e. The number of hydrogen-bond acceptors (Lipinski definition) is 11. The minimum Gasteiger partial charge on any atom is -0.481 e. The zero-order valence-electron chi connectivity index (χ0n) is 29.3. The average molecular weight is 771 g/mol. The zero-order valence-corrected chi connectivity index (χ0v) is 30.9. The topological polar surface area (TPSA) is 146 Å². The van der Waals surface area contributed by atoms with Crippen molar-refractivity contribution in [1.82, 2.24) is 34.8 Å². The van der Waals surface area contributed by atoms with E-state index in [1.807, 2.05) is 7.05 Å². The second kappa shape index (κ2) is 17.2. The molecule has 52 heavy (non-hydrogen) atoms. The molecule has 0 amide bonds. The third-order valence-electron chi connectivity index (χ3n) is 9.49.